The maximum Gasteiger partial charge on any atom is 0.411 e. The van der Waals surface area contributed by atoms with E-state index in [1.165, 1.54) is 11.1 Å². The summed E-state index contributed by atoms with van der Waals surface area (Å²) in [6.45, 7) is 9.09. The average molecular weight is 610 g/mol. The van der Waals surface area contributed by atoms with E-state index in [0.29, 0.717) is 42.6 Å². The smallest absolute Gasteiger partial charge is 0.411 e. The number of hydrogen-bond donors (Lipinski definition) is 0. The predicted octanol–water partition coefficient (Wildman–Crippen LogP) is 5.88. The lowest BCUT2D eigenvalue weighted by Gasteiger charge is -2.36. The number of nitrogens with zero attached hydrogens (tertiary/aromatic N) is 5. The van der Waals surface area contributed by atoms with Crippen LogP contribution in [0.1, 0.15) is 63.1 Å². The highest BCUT2D eigenvalue weighted by Gasteiger charge is 2.44. The van der Waals surface area contributed by atoms with Gasteiger partial charge in [0, 0.05) is 36.6 Å². The van der Waals surface area contributed by atoms with Gasteiger partial charge in [0.1, 0.15) is 17.3 Å². The zero-order valence-electron chi connectivity index (χ0n) is 25.7. The van der Waals surface area contributed by atoms with Crippen LogP contribution >= 0.6 is 11.6 Å². The number of aryl methyl sites for hydroxylation is 1. The first kappa shape index (κ1) is 30.7. The van der Waals surface area contributed by atoms with Crippen LogP contribution in [0, 0.1) is 6.92 Å². The molecule has 3 aromatic rings. The van der Waals surface area contributed by atoms with Crippen molar-refractivity contribution in [3.05, 3.63) is 58.7 Å². The minimum absolute atomic E-state index is 0.0603. The first-order chi connectivity index (χ1) is 20.5. The monoisotopic (exact) mass is 609 g/mol. The first-order valence-corrected chi connectivity index (χ1v) is 15.0. The second-order valence-electron chi connectivity index (χ2n) is 12.3. The molecule has 0 N–H and O–H groups in total. The number of halogens is 1. The molecule has 0 aliphatic carbocycles. The maximum atomic E-state index is 14.0. The zero-order chi connectivity index (χ0) is 30.9. The highest BCUT2D eigenvalue weighted by Crippen LogP contribution is 2.36. The Kier molecular flexibility index (Phi) is 8.87. The van der Waals surface area contributed by atoms with Crippen molar-refractivity contribution in [3.8, 4) is 22.8 Å². The van der Waals surface area contributed by atoms with E-state index in [9.17, 15) is 9.59 Å². The molecule has 2 amide bonds. The summed E-state index contributed by atoms with van der Waals surface area (Å²) in [5, 5.41) is 9.49. The van der Waals surface area contributed by atoms with Crippen molar-refractivity contribution < 1.29 is 23.8 Å². The zero-order valence-corrected chi connectivity index (χ0v) is 26.4. The van der Waals surface area contributed by atoms with Crippen molar-refractivity contribution in [2.45, 2.75) is 70.6 Å². The van der Waals surface area contributed by atoms with Crippen molar-refractivity contribution in [3.63, 3.8) is 0 Å². The summed E-state index contributed by atoms with van der Waals surface area (Å²) in [5.41, 5.74) is 3.23. The Morgan fingerprint density at radius 1 is 1.00 bits per heavy atom. The molecule has 1 aromatic heterocycles. The summed E-state index contributed by atoms with van der Waals surface area (Å²) in [6, 6.07) is 10.7. The molecule has 10 nitrogen and oxygen atoms in total. The van der Waals surface area contributed by atoms with E-state index in [2.05, 4.69) is 17.2 Å². The largest absolute Gasteiger partial charge is 0.493 e. The van der Waals surface area contributed by atoms with Gasteiger partial charge in [-0.25, -0.2) is 9.48 Å². The summed E-state index contributed by atoms with van der Waals surface area (Å²) < 4.78 is 18.3. The van der Waals surface area contributed by atoms with E-state index in [-0.39, 0.29) is 18.5 Å². The van der Waals surface area contributed by atoms with Gasteiger partial charge in [-0.2, -0.15) is 0 Å². The van der Waals surface area contributed by atoms with E-state index in [0.717, 1.165) is 23.4 Å². The number of carbonyl (C=O) groups is 2. The van der Waals surface area contributed by atoms with Gasteiger partial charge in [-0.1, -0.05) is 22.9 Å². The molecule has 2 aromatic carbocycles. The van der Waals surface area contributed by atoms with Crippen molar-refractivity contribution in [1.29, 1.82) is 0 Å². The van der Waals surface area contributed by atoms with E-state index >= 15 is 0 Å². The van der Waals surface area contributed by atoms with E-state index in [4.69, 9.17) is 25.8 Å². The van der Waals surface area contributed by atoms with Crippen molar-refractivity contribution >= 4 is 23.6 Å². The van der Waals surface area contributed by atoms with Crippen LogP contribution in [0.15, 0.2) is 42.6 Å². The number of ether oxygens (including phenoxy) is 3. The Labute approximate surface area is 257 Å². The lowest BCUT2D eigenvalue weighted by Crippen LogP contribution is -2.50. The Morgan fingerprint density at radius 3 is 2.40 bits per heavy atom. The predicted molar refractivity (Wildman–Crippen MR) is 164 cm³/mol. The molecular formula is C32H40ClN5O5. The molecule has 2 fully saturated rings. The van der Waals surface area contributed by atoms with Gasteiger partial charge in [-0.05, 0) is 87.9 Å². The lowest BCUT2D eigenvalue weighted by atomic mass is 9.86. The van der Waals surface area contributed by atoms with Crippen LogP contribution in [0.4, 0.5) is 4.79 Å². The van der Waals surface area contributed by atoms with E-state index < -0.39 is 17.7 Å². The molecule has 11 heteroatoms. The SMILES string of the molecule is COc1ccc(-c2cn(C3C[C@@H](C(=O)N4CCC(c5cc(Cl)ccc5C)CC4)N(C(=O)OC(C)(C)C)C3)nn2)cc1OC. The number of likely N-dealkylation sites (tertiary alicyclic amines) is 2. The van der Waals surface area contributed by atoms with Gasteiger partial charge < -0.3 is 19.1 Å². The number of benzene rings is 2. The first-order valence-electron chi connectivity index (χ1n) is 14.7. The van der Waals surface area contributed by atoms with Crippen molar-refractivity contribution in [2.75, 3.05) is 33.9 Å². The molecule has 0 spiro atoms. The van der Waals surface area contributed by atoms with Crippen LogP contribution in [-0.2, 0) is 9.53 Å². The van der Waals surface area contributed by atoms with Crippen LogP contribution in [0.5, 0.6) is 11.5 Å². The molecule has 2 atom stereocenters. The molecule has 2 aliphatic heterocycles. The minimum atomic E-state index is -0.691. The average Bonchev–Trinajstić information content (AvgIpc) is 3.65. The van der Waals surface area contributed by atoms with Crippen LogP contribution in [0.3, 0.4) is 0 Å². The van der Waals surface area contributed by atoms with Crippen LogP contribution in [0.25, 0.3) is 11.3 Å². The molecule has 43 heavy (non-hydrogen) atoms. The Balaban J connectivity index is 1.33. The third-order valence-corrected chi connectivity index (χ3v) is 8.48. The van der Waals surface area contributed by atoms with Gasteiger partial charge in [-0.3, -0.25) is 9.69 Å². The molecule has 2 saturated heterocycles. The number of aromatic nitrogens is 3. The Bertz CT molecular complexity index is 1480. The summed E-state index contributed by atoms with van der Waals surface area (Å²) in [7, 11) is 3.17. The number of hydrogen-bond acceptors (Lipinski definition) is 7. The fourth-order valence-electron chi connectivity index (χ4n) is 6.02. The summed E-state index contributed by atoms with van der Waals surface area (Å²) in [4.78, 5) is 30.8. The quantitative estimate of drug-likeness (QED) is 0.344. The molecule has 3 heterocycles. The summed E-state index contributed by atoms with van der Waals surface area (Å²) in [6.07, 6.45) is 3.43. The number of rotatable bonds is 6. The van der Waals surface area contributed by atoms with E-state index in [1.54, 1.807) is 23.8 Å². The Hall–Kier alpha value is -3.79. The minimum Gasteiger partial charge on any atom is -0.493 e. The van der Waals surface area contributed by atoms with Gasteiger partial charge in [0.05, 0.1) is 26.5 Å². The van der Waals surface area contributed by atoms with Gasteiger partial charge in [0.15, 0.2) is 11.5 Å². The highest BCUT2D eigenvalue weighted by atomic mass is 35.5. The third kappa shape index (κ3) is 6.74. The summed E-state index contributed by atoms with van der Waals surface area (Å²) >= 11 is 6.28. The fraction of sp³-hybridized carbons (Fsp3) is 0.500. The van der Waals surface area contributed by atoms with Crippen molar-refractivity contribution in [1.82, 2.24) is 24.8 Å². The standard InChI is InChI=1S/C32H40ClN5O5/c1-20-7-9-23(33)16-25(20)21-11-13-36(14-12-21)30(39)27-17-24(18-37(27)31(40)43-32(2,3)4)38-19-26(34-35-38)22-8-10-28(41-5)29(15-22)42-6/h7-10,15-16,19,21,24,27H,11-14,17-18H2,1-6H3/t24?,27-/m0/s1. The van der Waals surface area contributed by atoms with Crippen LogP contribution in [0.2, 0.25) is 5.02 Å². The van der Waals surface area contributed by atoms with Crippen LogP contribution < -0.4 is 9.47 Å². The molecule has 0 bridgehead atoms. The molecule has 0 radical (unpaired) electrons. The summed E-state index contributed by atoms with van der Waals surface area (Å²) in [5.74, 6) is 1.49. The van der Waals surface area contributed by atoms with Gasteiger partial charge in [0.25, 0.3) is 0 Å². The molecule has 230 valence electrons. The molecule has 2 aliphatic rings. The van der Waals surface area contributed by atoms with Crippen molar-refractivity contribution in [2.24, 2.45) is 0 Å². The van der Waals surface area contributed by atoms with Crippen LogP contribution in [-0.4, -0.2) is 82.3 Å². The highest BCUT2D eigenvalue weighted by molar-refractivity contribution is 6.30. The Morgan fingerprint density at radius 2 is 1.72 bits per heavy atom. The van der Waals surface area contributed by atoms with Gasteiger partial charge >= 0.3 is 6.09 Å². The maximum absolute atomic E-state index is 14.0. The number of piperidine rings is 1. The van der Waals surface area contributed by atoms with E-state index in [1.807, 2.05) is 68.3 Å². The lowest BCUT2D eigenvalue weighted by molar-refractivity contribution is -0.137. The second-order valence-corrected chi connectivity index (χ2v) is 12.7. The molecule has 0 saturated carbocycles. The van der Waals surface area contributed by atoms with Gasteiger partial charge in [0.2, 0.25) is 5.91 Å². The third-order valence-electron chi connectivity index (χ3n) is 8.24. The number of amides is 2. The fourth-order valence-corrected chi connectivity index (χ4v) is 6.20. The normalized spacial score (nSPS) is 19.4. The second kappa shape index (κ2) is 12.4. The number of methoxy groups -OCH3 is 2. The number of carbonyl (C=O) groups excluding carboxylic acids is 2. The molecule has 1 unspecified atom stereocenters. The van der Waals surface area contributed by atoms with Gasteiger partial charge in [-0.15, -0.1) is 5.10 Å². The molecule has 5 rings (SSSR count). The molecular weight excluding hydrogens is 570 g/mol. The topological polar surface area (TPSA) is 99.0 Å².